The molecule has 0 unspecified atom stereocenters. The molecule has 1 saturated heterocycles. The molecule has 1 N–H and O–H groups in total. The van der Waals surface area contributed by atoms with E-state index in [1.165, 1.54) is 12.1 Å². The highest BCUT2D eigenvalue weighted by Gasteiger charge is 2.24. The standard InChI is InChI=1S/C21H22FN3O3/c22-18-13-16(5-6-17(18)21(27)24-9-11-28-12-10-24)23-14-20(26)25-8-7-15-3-1-2-4-19(15)25/h1-6,13,23H,7-12,14H2. The zero-order valence-corrected chi connectivity index (χ0v) is 15.5. The highest BCUT2D eigenvalue weighted by atomic mass is 19.1. The lowest BCUT2D eigenvalue weighted by atomic mass is 10.1. The number of rotatable bonds is 4. The predicted molar refractivity (Wildman–Crippen MR) is 104 cm³/mol. The van der Waals surface area contributed by atoms with E-state index in [0.717, 1.165) is 17.7 Å². The summed E-state index contributed by atoms with van der Waals surface area (Å²) >= 11 is 0. The van der Waals surface area contributed by atoms with E-state index in [-0.39, 0.29) is 23.9 Å². The molecular formula is C21H22FN3O3. The Hall–Kier alpha value is -2.93. The van der Waals surface area contributed by atoms with Crippen LogP contribution >= 0.6 is 0 Å². The number of halogens is 1. The first-order chi connectivity index (χ1) is 13.6. The summed E-state index contributed by atoms with van der Waals surface area (Å²) in [6.07, 6.45) is 0.842. The minimum Gasteiger partial charge on any atom is -0.378 e. The van der Waals surface area contributed by atoms with Crippen LogP contribution in [0.4, 0.5) is 15.8 Å². The van der Waals surface area contributed by atoms with E-state index < -0.39 is 5.82 Å². The molecule has 4 rings (SSSR count). The average Bonchev–Trinajstić information content (AvgIpc) is 3.16. The average molecular weight is 383 g/mol. The number of fused-ring (bicyclic) bond motifs is 1. The molecule has 0 aromatic heterocycles. The van der Waals surface area contributed by atoms with Crippen LogP contribution in [0.25, 0.3) is 0 Å². The maximum atomic E-state index is 14.5. The predicted octanol–water partition coefficient (Wildman–Crippen LogP) is 2.30. The third-order valence-electron chi connectivity index (χ3n) is 5.13. The molecule has 2 aliphatic heterocycles. The lowest BCUT2D eigenvalue weighted by molar-refractivity contribution is -0.116. The molecule has 0 saturated carbocycles. The summed E-state index contributed by atoms with van der Waals surface area (Å²) in [5.74, 6) is -1.00. The summed E-state index contributed by atoms with van der Waals surface area (Å²) < 4.78 is 19.7. The van der Waals surface area contributed by atoms with Crippen LogP contribution in [0.2, 0.25) is 0 Å². The van der Waals surface area contributed by atoms with Gasteiger partial charge < -0.3 is 19.9 Å². The SMILES string of the molecule is O=C(c1ccc(NCC(=O)N2CCc3ccccc32)cc1F)N1CCOCC1. The van der Waals surface area contributed by atoms with Gasteiger partial charge in [0.25, 0.3) is 5.91 Å². The van der Waals surface area contributed by atoms with Crippen molar-refractivity contribution in [3.8, 4) is 0 Å². The number of nitrogens with zero attached hydrogens (tertiary/aromatic N) is 2. The number of carbonyl (C=O) groups is 2. The fourth-order valence-corrected chi connectivity index (χ4v) is 3.61. The summed E-state index contributed by atoms with van der Waals surface area (Å²) in [6, 6.07) is 12.2. The van der Waals surface area contributed by atoms with Crippen LogP contribution in [0, 0.1) is 5.82 Å². The van der Waals surface area contributed by atoms with Gasteiger partial charge in [0.1, 0.15) is 5.82 Å². The second-order valence-electron chi connectivity index (χ2n) is 6.88. The molecule has 146 valence electrons. The number of morpholine rings is 1. The molecule has 28 heavy (non-hydrogen) atoms. The molecule has 2 heterocycles. The van der Waals surface area contributed by atoms with Gasteiger partial charge in [0.15, 0.2) is 0 Å². The van der Waals surface area contributed by atoms with Gasteiger partial charge in [-0.1, -0.05) is 18.2 Å². The topological polar surface area (TPSA) is 61.9 Å². The Morgan fingerprint density at radius 3 is 2.64 bits per heavy atom. The summed E-state index contributed by atoms with van der Waals surface area (Å²) in [7, 11) is 0. The number of carbonyl (C=O) groups excluding carboxylic acids is 2. The van der Waals surface area contributed by atoms with E-state index in [1.807, 2.05) is 24.3 Å². The zero-order chi connectivity index (χ0) is 19.5. The maximum absolute atomic E-state index is 14.5. The Bertz CT molecular complexity index is 896. The number of nitrogens with one attached hydrogen (secondary N) is 1. The number of hydrogen-bond acceptors (Lipinski definition) is 4. The number of benzene rings is 2. The van der Waals surface area contributed by atoms with E-state index in [9.17, 15) is 14.0 Å². The summed E-state index contributed by atoms with van der Waals surface area (Å²) in [6.45, 7) is 2.57. The zero-order valence-electron chi connectivity index (χ0n) is 15.5. The van der Waals surface area contributed by atoms with Crippen LogP contribution in [0.3, 0.4) is 0 Å². The van der Waals surface area contributed by atoms with Crippen molar-refractivity contribution in [1.29, 1.82) is 0 Å². The molecule has 7 heteroatoms. The van der Waals surface area contributed by atoms with E-state index in [1.54, 1.807) is 15.9 Å². The molecule has 2 aliphatic rings. The molecule has 0 radical (unpaired) electrons. The summed E-state index contributed by atoms with van der Waals surface area (Å²) in [4.78, 5) is 28.3. The van der Waals surface area contributed by atoms with Gasteiger partial charge in [-0.3, -0.25) is 9.59 Å². The highest BCUT2D eigenvalue weighted by Crippen LogP contribution is 2.27. The smallest absolute Gasteiger partial charge is 0.256 e. The monoisotopic (exact) mass is 383 g/mol. The van der Waals surface area contributed by atoms with Crippen LogP contribution in [0.1, 0.15) is 15.9 Å². The minimum absolute atomic E-state index is 0.0345. The second-order valence-corrected chi connectivity index (χ2v) is 6.88. The third-order valence-corrected chi connectivity index (χ3v) is 5.13. The van der Waals surface area contributed by atoms with Crippen LogP contribution in [0.15, 0.2) is 42.5 Å². The molecule has 2 aromatic rings. The Balaban J connectivity index is 1.38. The maximum Gasteiger partial charge on any atom is 0.256 e. The Morgan fingerprint density at radius 2 is 1.86 bits per heavy atom. The van der Waals surface area contributed by atoms with Crippen LogP contribution in [0.5, 0.6) is 0 Å². The Morgan fingerprint density at radius 1 is 1.07 bits per heavy atom. The lowest BCUT2D eigenvalue weighted by Crippen LogP contribution is -2.41. The van der Waals surface area contributed by atoms with Gasteiger partial charge in [-0.25, -0.2) is 4.39 Å². The molecule has 0 aliphatic carbocycles. The van der Waals surface area contributed by atoms with Gasteiger partial charge in [-0.05, 0) is 36.2 Å². The van der Waals surface area contributed by atoms with Crippen molar-refractivity contribution in [3.05, 3.63) is 59.4 Å². The van der Waals surface area contributed by atoms with Crippen molar-refractivity contribution < 1.29 is 18.7 Å². The molecule has 0 bridgehead atoms. The van der Waals surface area contributed by atoms with E-state index in [0.29, 0.717) is 38.5 Å². The first kappa shape index (κ1) is 18.4. The van der Waals surface area contributed by atoms with E-state index in [4.69, 9.17) is 4.74 Å². The van der Waals surface area contributed by atoms with Crippen molar-refractivity contribution in [2.45, 2.75) is 6.42 Å². The van der Waals surface area contributed by atoms with Gasteiger partial charge in [0, 0.05) is 31.0 Å². The van der Waals surface area contributed by atoms with Gasteiger partial charge >= 0.3 is 0 Å². The molecule has 6 nitrogen and oxygen atoms in total. The molecule has 0 spiro atoms. The number of ether oxygens (including phenoxy) is 1. The Kier molecular flexibility index (Phi) is 5.25. The fraction of sp³-hybridized carbons (Fsp3) is 0.333. The molecule has 0 atom stereocenters. The van der Waals surface area contributed by atoms with Gasteiger partial charge in [0.2, 0.25) is 5.91 Å². The van der Waals surface area contributed by atoms with Crippen molar-refractivity contribution in [2.75, 3.05) is 49.6 Å². The first-order valence-corrected chi connectivity index (χ1v) is 9.42. The molecular weight excluding hydrogens is 361 g/mol. The van der Waals surface area contributed by atoms with E-state index in [2.05, 4.69) is 5.32 Å². The first-order valence-electron chi connectivity index (χ1n) is 9.42. The van der Waals surface area contributed by atoms with Crippen molar-refractivity contribution >= 4 is 23.2 Å². The molecule has 2 aromatic carbocycles. The third kappa shape index (κ3) is 3.71. The highest BCUT2D eigenvalue weighted by molar-refractivity contribution is 5.98. The normalized spacial score (nSPS) is 16.0. The fourth-order valence-electron chi connectivity index (χ4n) is 3.61. The quantitative estimate of drug-likeness (QED) is 0.880. The van der Waals surface area contributed by atoms with E-state index >= 15 is 0 Å². The van der Waals surface area contributed by atoms with Crippen molar-refractivity contribution in [1.82, 2.24) is 4.90 Å². The van der Waals surface area contributed by atoms with Crippen molar-refractivity contribution in [3.63, 3.8) is 0 Å². The molecule has 2 amide bonds. The van der Waals surface area contributed by atoms with Crippen LogP contribution in [-0.2, 0) is 16.0 Å². The number of anilines is 2. The van der Waals surface area contributed by atoms with Gasteiger partial charge in [-0.15, -0.1) is 0 Å². The van der Waals surface area contributed by atoms with Crippen molar-refractivity contribution in [2.24, 2.45) is 0 Å². The summed E-state index contributed by atoms with van der Waals surface area (Å²) in [5.41, 5.74) is 2.60. The van der Waals surface area contributed by atoms with Crippen LogP contribution in [-0.4, -0.2) is 56.1 Å². The van der Waals surface area contributed by atoms with Gasteiger partial charge in [-0.2, -0.15) is 0 Å². The lowest BCUT2D eigenvalue weighted by Gasteiger charge is -2.27. The molecule has 1 fully saturated rings. The van der Waals surface area contributed by atoms with Gasteiger partial charge in [0.05, 0.1) is 25.3 Å². The largest absolute Gasteiger partial charge is 0.378 e. The Labute approximate surface area is 162 Å². The van der Waals surface area contributed by atoms with Crippen LogP contribution < -0.4 is 10.2 Å². The number of amides is 2. The number of para-hydroxylation sites is 1. The minimum atomic E-state index is -0.597. The number of hydrogen-bond donors (Lipinski definition) is 1. The summed E-state index contributed by atoms with van der Waals surface area (Å²) in [5, 5.41) is 2.96. The second kappa shape index (κ2) is 7.98.